The molecule has 2 aromatic rings. The molecule has 1 N–H and O–H groups in total. The fraction of sp³-hybridized carbons (Fsp3) is 0.278. The van der Waals surface area contributed by atoms with Crippen LogP contribution in [-0.4, -0.2) is 37.0 Å². The molecule has 2 aromatic carbocycles. The van der Waals surface area contributed by atoms with E-state index in [9.17, 15) is 13.6 Å². The number of benzene rings is 2. The SMILES string of the molecule is O=C(CN1CCOC(c2ccccc2)C1)Nc1cc(F)ccc1F. The summed E-state index contributed by atoms with van der Waals surface area (Å²) in [4.78, 5) is 14.0. The molecule has 1 fully saturated rings. The van der Waals surface area contributed by atoms with Crippen LogP contribution in [0.25, 0.3) is 0 Å². The molecule has 1 amide bonds. The molecule has 1 unspecified atom stereocenters. The molecule has 0 aromatic heterocycles. The van der Waals surface area contributed by atoms with Crippen molar-refractivity contribution in [3.63, 3.8) is 0 Å². The number of halogens is 2. The largest absolute Gasteiger partial charge is 0.371 e. The number of carbonyl (C=O) groups excluding carboxylic acids is 1. The second kappa shape index (κ2) is 7.51. The first-order chi connectivity index (χ1) is 11.6. The lowest BCUT2D eigenvalue weighted by atomic mass is 10.1. The van der Waals surface area contributed by atoms with Crippen molar-refractivity contribution in [2.45, 2.75) is 6.10 Å². The zero-order valence-corrected chi connectivity index (χ0v) is 13.0. The van der Waals surface area contributed by atoms with Crippen molar-refractivity contribution < 1.29 is 18.3 Å². The Morgan fingerprint density at radius 2 is 2.00 bits per heavy atom. The number of morpholine rings is 1. The fourth-order valence-electron chi connectivity index (χ4n) is 2.70. The number of amides is 1. The van der Waals surface area contributed by atoms with E-state index >= 15 is 0 Å². The van der Waals surface area contributed by atoms with Gasteiger partial charge in [-0.1, -0.05) is 30.3 Å². The Morgan fingerprint density at radius 3 is 2.79 bits per heavy atom. The molecule has 0 spiro atoms. The third-order valence-electron chi connectivity index (χ3n) is 3.89. The molecule has 0 radical (unpaired) electrons. The van der Waals surface area contributed by atoms with Crippen LogP contribution in [0.4, 0.5) is 14.5 Å². The maximum absolute atomic E-state index is 13.6. The van der Waals surface area contributed by atoms with Crippen molar-refractivity contribution in [2.24, 2.45) is 0 Å². The number of hydrogen-bond donors (Lipinski definition) is 1. The number of hydrogen-bond acceptors (Lipinski definition) is 3. The number of nitrogens with zero attached hydrogens (tertiary/aromatic N) is 1. The molecule has 0 bridgehead atoms. The molecule has 1 aliphatic rings. The topological polar surface area (TPSA) is 41.6 Å². The van der Waals surface area contributed by atoms with E-state index in [1.165, 1.54) is 0 Å². The van der Waals surface area contributed by atoms with Crippen LogP contribution < -0.4 is 5.32 Å². The summed E-state index contributed by atoms with van der Waals surface area (Å²) in [5.74, 6) is -1.63. The van der Waals surface area contributed by atoms with Crippen molar-refractivity contribution in [3.05, 3.63) is 65.7 Å². The van der Waals surface area contributed by atoms with Crippen LogP contribution in [-0.2, 0) is 9.53 Å². The molecular formula is C18H18F2N2O2. The van der Waals surface area contributed by atoms with Crippen LogP contribution in [0, 0.1) is 11.6 Å². The lowest BCUT2D eigenvalue weighted by Crippen LogP contribution is -2.42. The number of anilines is 1. The average Bonchev–Trinajstić information content (AvgIpc) is 2.59. The zero-order valence-electron chi connectivity index (χ0n) is 13.0. The highest BCUT2D eigenvalue weighted by Gasteiger charge is 2.23. The van der Waals surface area contributed by atoms with Gasteiger partial charge in [-0.25, -0.2) is 8.78 Å². The van der Waals surface area contributed by atoms with Crippen molar-refractivity contribution in [1.82, 2.24) is 4.90 Å². The minimum Gasteiger partial charge on any atom is -0.371 e. The van der Waals surface area contributed by atoms with E-state index in [0.29, 0.717) is 19.7 Å². The number of carbonyl (C=O) groups is 1. The standard InChI is InChI=1S/C18H18F2N2O2/c19-14-6-7-15(20)16(10-14)21-18(23)12-22-8-9-24-17(11-22)13-4-2-1-3-5-13/h1-7,10,17H,8-9,11-12H2,(H,21,23). The van der Waals surface area contributed by atoms with Gasteiger partial charge < -0.3 is 10.1 Å². The molecule has 1 saturated heterocycles. The second-order valence-corrected chi connectivity index (χ2v) is 5.68. The Labute approximate surface area is 139 Å². The van der Waals surface area contributed by atoms with Gasteiger partial charge in [0.25, 0.3) is 0 Å². The van der Waals surface area contributed by atoms with Crippen LogP contribution in [0.5, 0.6) is 0 Å². The molecule has 24 heavy (non-hydrogen) atoms. The van der Waals surface area contributed by atoms with Gasteiger partial charge in [0, 0.05) is 19.2 Å². The molecular weight excluding hydrogens is 314 g/mol. The van der Waals surface area contributed by atoms with Gasteiger partial charge >= 0.3 is 0 Å². The zero-order chi connectivity index (χ0) is 16.9. The van der Waals surface area contributed by atoms with Crippen LogP contribution in [0.15, 0.2) is 48.5 Å². The van der Waals surface area contributed by atoms with Gasteiger partial charge in [-0.3, -0.25) is 9.69 Å². The van der Waals surface area contributed by atoms with E-state index in [-0.39, 0.29) is 24.2 Å². The molecule has 1 heterocycles. The Hall–Kier alpha value is -2.31. The monoisotopic (exact) mass is 332 g/mol. The smallest absolute Gasteiger partial charge is 0.238 e. The Balaban J connectivity index is 1.59. The first-order valence-corrected chi connectivity index (χ1v) is 7.75. The van der Waals surface area contributed by atoms with Gasteiger partial charge in [0.05, 0.1) is 24.9 Å². The van der Waals surface area contributed by atoms with Gasteiger partial charge in [0.2, 0.25) is 5.91 Å². The van der Waals surface area contributed by atoms with E-state index in [1.807, 2.05) is 35.2 Å². The van der Waals surface area contributed by atoms with Gasteiger partial charge in [-0.15, -0.1) is 0 Å². The van der Waals surface area contributed by atoms with Crippen LogP contribution in [0.3, 0.4) is 0 Å². The van der Waals surface area contributed by atoms with E-state index in [4.69, 9.17) is 4.74 Å². The van der Waals surface area contributed by atoms with Crippen molar-refractivity contribution in [3.8, 4) is 0 Å². The molecule has 126 valence electrons. The Kier molecular flexibility index (Phi) is 5.17. The van der Waals surface area contributed by atoms with Crippen molar-refractivity contribution in [2.75, 3.05) is 31.6 Å². The Bertz CT molecular complexity index is 709. The molecule has 1 atom stereocenters. The summed E-state index contributed by atoms with van der Waals surface area (Å²) < 4.78 is 32.5. The van der Waals surface area contributed by atoms with Crippen LogP contribution in [0.1, 0.15) is 11.7 Å². The number of nitrogens with one attached hydrogen (secondary N) is 1. The fourth-order valence-corrected chi connectivity index (χ4v) is 2.70. The molecule has 0 saturated carbocycles. The predicted octanol–water partition coefficient (Wildman–Crippen LogP) is 2.98. The van der Waals surface area contributed by atoms with Crippen LogP contribution in [0.2, 0.25) is 0 Å². The highest BCUT2D eigenvalue weighted by molar-refractivity contribution is 5.92. The van der Waals surface area contributed by atoms with E-state index < -0.39 is 11.6 Å². The van der Waals surface area contributed by atoms with Gasteiger partial charge in [0.15, 0.2) is 0 Å². The molecule has 6 heteroatoms. The van der Waals surface area contributed by atoms with Gasteiger partial charge in [-0.2, -0.15) is 0 Å². The third kappa shape index (κ3) is 4.15. The van der Waals surface area contributed by atoms with Crippen LogP contribution >= 0.6 is 0 Å². The molecule has 4 nitrogen and oxygen atoms in total. The summed E-state index contributed by atoms with van der Waals surface area (Å²) in [6.45, 7) is 1.80. The predicted molar refractivity (Wildman–Crippen MR) is 86.6 cm³/mol. The molecule has 1 aliphatic heterocycles. The maximum Gasteiger partial charge on any atom is 0.238 e. The quantitative estimate of drug-likeness (QED) is 0.936. The number of rotatable bonds is 4. The Morgan fingerprint density at radius 1 is 1.21 bits per heavy atom. The summed E-state index contributed by atoms with van der Waals surface area (Å²) in [6.07, 6.45) is -0.0985. The average molecular weight is 332 g/mol. The molecule has 0 aliphatic carbocycles. The van der Waals surface area contributed by atoms with E-state index in [0.717, 1.165) is 23.8 Å². The van der Waals surface area contributed by atoms with Crippen molar-refractivity contribution >= 4 is 11.6 Å². The highest BCUT2D eigenvalue weighted by atomic mass is 19.1. The van der Waals surface area contributed by atoms with Crippen molar-refractivity contribution in [1.29, 1.82) is 0 Å². The first-order valence-electron chi connectivity index (χ1n) is 7.75. The summed E-state index contributed by atoms with van der Waals surface area (Å²) >= 11 is 0. The van der Waals surface area contributed by atoms with E-state index in [2.05, 4.69) is 5.32 Å². The second-order valence-electron chi connectivity index (χ2n) is 5.68. The summed E-state index contributed by atoms with van der Waals surface area (Å²) in [5, 5.41) is 2.42. The third-order valence-corrected chi connectivity index (χ3v) is 3.89. The maximum atomic E-state index is 13.6. The lowest BCUT2D eigenvalue weighted by molar-refractivity contribution is -0.119. The van der Waals surface area contributed by atoms with E-state index in [1.54, 1.807) is 0 Å². The summed E-state index contributed by atoms with van der Waals surface area (Å²) in [5.41, 5.74) is 0.909. The lowest BCUT2D eigenvalue weighted by Gasteiger charge is -2.32. The normalized spacial score (nSPS) is 18.3. The number of ether oxygens (including phenoxy) is 1. The van der Waals surface area contributed by atoms with Gasteiger partial charge in [-0.05, 0) is 17.7 Å². The summed E-state index contributed by atoms with van der Waals surface area (Å²) in [6, 6.07) is 12.8. The highest BCUT2D eigenvalue weighted by Crippen LogP contribution is 2.22. The summed E-state index contributed by atoms with van der Waals surface area (Å²) in [7, 11) is 0. The molecule has 3 rings (SSSR count). The minimum atomic E-state index is -0.658. The minimum absolute atomic E-state index is 0.0985. The first kappa shape index (κ1) is 16.5. The van der Waals surface area contributed by atoms with Gasteiger partial charge in [0.1, 0.15) is 11.6 Å².